The molecule has 0 spiro atoms. The predicted molar refractivity (Wildman–Crippen MR) is 132 cm³/mol. The fourth-order valence-electron chi connectivity index (χ4n) is 4.70. The van der Waals surface area contributed by atoms with Crippen molar-refractivity contribution < 1.29 is 14.2 Å². The zero-order chi connectivity index (χ0) is 23.9. The SMILES string of the molecule is Cc1ccc(Cl)cc1N1CCN(CC2=[N+](CCC(C)C)C3C(=O)N(C)C(=O)N(C)C3=N2)CC1. The van der Waals surface area contributed by atoms with Gasteiger partial charge >= 0.3 is 11.9 Å². The van der Waals surface area contributed by atoms with E-state index in [-0.39, 0.29) is 11.9 Å². The minimum atomic E-state index is -0.512. The average molecular weight is 474 g/mol. The van der Waals surface area contributed by atoms with E-state index >= 15 is 0 Å². The third kappa shape index (κ3) is 4.64. The van der Waals surface area contributed by atoms with Crippen LogP contribution >= 0.6 is 11.6 Å². The molecule has 178 valence electrons. The molecule has 4 rings (SSSR count). The van der Waals surface area contributed by atoms with Gasteiger partial charge in [0.25, 0.3) is 17.8 Å². The number of aryl methyl sites for hydroxylation is 1. The lowest BCUT2D eigenvalue weighted by molar-refractivity contribution is -0.537. The monoisotopic (exact) mass is 473 g/mol. The molecule has 1 aromatic carbocycles. The van der Waals surface area contributed by atoms with Crippen LogP contribution in [-0.2, 0) is 4.79 Å². The molecule has 3 aliphatic heterocycles. The molecular formula is C24H34ClN6O2+. The third-order valence-electron chi connectivity index (χ3n) is 6.81. The zero-order valence-corrected chi connectivity index (χ0v) is 21.0. The van der Waals surface area contributed by atoms with Gasteiger partial charge in [0.05, 0.1) is 6.54 Å². The van der Waals surface area contributed by atoms with E-state index in [9.17, 15) is 9.59 Å². The zero-order valence-electron chi connectivity index (χ0n) is 20.2. The Balaban J connectivity index is 1.52. The minimum absolute atomic E-state index is 0.197. The number of nitrogens with zero attached hydrogens (tertiary/aromatic N) is 6. The van der Waals surface area contributed by atoms with Crippen molar-refractivity contribution in [2.75, 3.05) is 58.3 Å². The summed E-state index contributed by atoms with van der Waals surface area (Å²) >= 11 is 6.23. The van der Waals surface area contributed by atoms with Gasteiger partial charge in [0, 0.05) is 51.0 Å². The van der Waals surface area contributed by atoms with Crippen molar-refractivity contribution in [2.45, 2.75) is 33.2 Å². The van der Waals surface area contributed by atoms with Crippen LogP contribution in [-0.4, -0.2) is 102 Å². The highest BCUT2D eigenvalue weighted by molar-refractivity contribution is 6.30. The maximum Gasteiger partial charge on any atom is 0.333 e. The summed E-state index contributed by atoms with van der Waals surface area (Å²) in [7, 11) is 3.25. The van der Waals surface area contributed by atoms with Gasteiger partial charge in [-0.25, -0.2) is 9.37 Å². The molecule has 1 aromatic rings. The average Bonchev–Trinajstić information content (AvgIpc) is 3.15. The fourth-order valence-corrected chi connectivity index (χ4v) is 4.87. The molecule has 3 amide bonds. The van der Waals surface area contributed by atoms with Crippen molar-refractivity contribution in [3.05, 3.63) is 28.8 Å². The van der Waals surface area contributed by atoms with Gasteiger partial charge < -0.3 is 4.90 Å². The molecule has 3 aliphatic rings. The van der Waals surface area contributed by atoms with Crippen LogP contribution in [0.4, 0.5) is 10.5 Å². The maximum atomic E-state index is 13.0. The number of likely N-dealkylation sites (N-methyl/N-ethyl adjacent to an activating group) is 2. The molecular weight excluding hydrogens is 440 g/mol. The molecule has 0 N–H and O–H groups in total. The molecule has 0 aromatic heterocycles. The van der Waals surface area contributed by atoms with Crippen molar-refractivity contribution in [3.63, 3.8) is 0 Å². The van der Waals surface area contributed by atoms with Crippen LogP contribution in [0.5, 0.6) is 0 Å². The number of fused-ring (bicyclic) bond motifs is 1. The number of amides is 3. The lowest BCUT2D eigenvalue weighted by atomic mass is 10.1. The lowest BCUT2D eigenvalue weighted by Gasteiger charge is -2.36. The smallest absolute Gasteiger partial charge is 0.333 e. The van der Waals surface area contributed by atoms with Crippen LogP contribution in [0.15, 0.2) is 23.2 Å². The number of halogens is 1. The number of hydrogen-bond acceptors (Lipinski definition) is 5. The summed E-state index contributed by atoms with van der Waals surface area (Å²) < 4.78 is 2.12. The Hall–Kier alpha value is -2.45. The highest BCUT2D eigenvalue weighted by atomic mass is 35.5. The Kier molecular flexibility index (Phi) is 6.77. The first-order valence-corrected chi connectivity index (χ1v) is 12.0. The highest BCUT2D eigenvalue weighted by Gasteiger charge is 2.53. The number of hydrogen-bond donors (Lipinski definition) is 0. The van der Waals surface area contributed by atoms with Gasteiger partial charge in [0.1, 0.15) is 6.54 Å². The molecule has 0 bridgehead atoms. The molecule has 3 heterocycles. The second-order valence-corrected chi connectivity index (χ2v) is 10.0. The standard InChI is InChI=1S/C24H34ClN6O2/c1-16(2)8-9-31-20(26-22-21(31)23(32)28(5)24(33)27(22)4)15-29-10-12-30(13-11-29)19-14-18(25)7-6-17(19)3/h6-7,14,16,21H,8-13,15H2,1-5H3/q+1. The van der Waals surface area contributed by atoms with Crippen LogP contribution in [0.3, 0.4) is 0 Å². The van der Waals surface area contributed by atoms with Gasteiger partial charge in [-0.15, -0.1) is 0 Å². The topological polar surface area (TPSA) is 62.5 Å². The summed E-state index contributed by atoms with van der Waals surface area (Å²) in [6.45, 7) is 11.5. The number of piperazine rings is 1. The predicted octanol–water partition coefficient (Wildman–Crippen LogP) is 2.53. The van der Waals surface area contributed by atoms with Crippen molar-refractivity contribution in [1.82, 2.24) is 14.7 Å². The molecule has 2 fully saturated rings. The summed E-state index contributed by atoms with van der Waals surface area (Å²) in [6, 6.07) is 5.19. The van der Waals surface area contributed by atoms with Gasteiger partial charge in [-0.2, -0.15) is 0 Å². The Morgan fingerprint density at radius 2 is 1.82 bits per heavy atom. The van der Waals surface area contributed by atoms with E-state index in [0.717, 1.165) is 50.0 Å². The quantitative estimate of drug-likeness (QED) is 0.596. The first-order chi connectivity index (χ1) is 15.7. The highest BCUT2D eigenvalue weighted by Crippen LogP contribution is 2.26. The molecule has 1 unspecified atom stereocenters. The fraction of sp³-hybridized carbons (Fsp3) is 0.583. The van der Waals surface area contributed by atoms with Crippen molar-refractivity contribution in [1.29, 1.82) is 0 Å². The van der Waals surface area contributed by atoms with E-state index in [4.69, 9.17) is 16.6 Å². The molecule has 0 saturated carbocycles. The number of carbonyl (C=O) groups is 2. The molecule has 2 saturated heterocycles. The number of amidine groups is 2. The molecule has 0 aliphatic carbocycles. The van der Waals surface area contributed by atoms with Crippen LogP contribution < -0.4 is 4.90 Å². The van der Waals surface area contributed by atoms with E-state index in [1.165, 1.54) is 21.1 Å². The van der Waals surface area contributed by atoms with E-state index in [1.807, 2.05) is 12.1 Å². The molecule has 33 heavy (non-hydrogen) atoms. The Labute approximate surface area is 201 Å². The van der Waals surface area contributed by atoms with Crippen LogP contribution in [0, 0.1) is 12.8 Å². The number of carbonyl (C=O) groups excluding carboxylic acids is 2. The number of benzene rings is 1. The first kappa shape index (κ1) is 23.7. The van der Waals surface area contributed by atoms with Crippen molar-refractivity contribution in [3.8, 4) is 0 Å². The normalized spacial score (nSPS) is 22.0. The van der Waals surface area contributed by atoms with E-state index < -0.39 is 6.04 Å². The van der Waals surface area contributed by atoms with Gasteiger partial charge in [0.15, 0.2) is 0 Å². The largest absolute Gasteiger partial charge is 0.369 e. The van der Waals surface area contributed by atoms with Gasteiger partial charge in [-0.3, -0.25) is 19.5 Å². The molecule has 8 nitrogen and oxygen atoms in total. The van der Waals surface area contributed by atoms with Crippen LogP contribution in [0.1, 0.15) is 25.8 Å². The number of anilines is 1. The Morgan fingerprint density at radius 1 is 1.12 bits per heavy atom. The summed E-state index contributed by atoms with van der Waals surface area (Å²) in [5, 5.41) is 0.757. The second-order valence-electron chi connectivity index (χ2n) is 9.60. The second kappa shape index (κ2) is 9.43. The van der Waals surface area contributed by atoms with Crippen molar-refractivity contribution in [2.24, 2.45) is 10.9 Å². The van der Waals surface area contributed by atoms with Crippen LogP contribution in [0.25, 0.3) is 0 Å². The molecule has 0 radical (unpaired) electrons. The molecule has 1 atom stereocenters. The number of rotatable bonds is 6. The first-order valence-electron chi connectivity index (χ1n) is 11.7. The van der Waals surface area contributed by atoms with Gasteiger partial charge in [-0.1, -0.05) is 31.5 Å². The number of aliphatic imine (C=N–C) groups is 1. The summed E-state index contributed by atoms with van der Waals surface area (Å²) in [5.41, 5.74) is 2.41. The summed E-state index contributed by atoms with van der Waals surface area (Å²) in [5.74, 6) is 1.74. The van der Waals surface area contributed by atoms with Crippen molar-refractivity contribution >= 4 is 40.9 Å². The van der Waals surface area contributed by atoms with Gasteiger partial charge in [0.2, 0.25) is 0 Å². The number of urea groups is 1. The lowest BCUT2D eigenvalue weighted by Crippen LogP contribution is -2.61. The number of imide groups is 1. The third-order valence-corrected chi connectivity index (χ3v) is 7.05. The minimum Gasteiger partial charge on any atom is -0.369 e. The van der Waals surface area contributed by atoms with E-state index in [2.05, 4.69) is 41.2 Å². The Bertz CT molecular complexity index is 1010. The van der Waals surface area contributed by atoms with E-state index in [1.54, 1.807) is 14.1 Å². The van der Waals surface area contributed by atoms with Crippen LogP contribution in [0.2, 0.25) is 5.02 Å². The van der Waals surface area contributed by atoms with E-state index in [0.29, 0.717) is 18.3 Å². The molecule has 9 heteroatoms. The Morgan fingerprint density at radius 3 is 2.48 bits per heavy atom. The maximum absolute atomic E-state index is 13.0. The van der Waals surface area contributed by atoms with Gasteiger partial charge in [-0.05, 0) is 42.0 Å². The summed E-state index contributed by atoms with van der Waals surface area (Å²) in [6.07, 6.45) is 0.958. The summed E-state index contributed by atoms with van der Waals surface area (Å²) in [4.78, 5) is 37.8.